The van der Waals surface area contributed by atoms with Crippen LogP contribution in [-0.2, 0) is 0 Å². The molecule has 0 unspecified atom stereocenters. The minimum Gasteiger partial charge on any atom is -0.343 e. The number of aromatic nitrogens is 1. The minimum absolute atomic E-state index is 0.0326. The molecule has 22 heavy (non-hydrogen) atoms. The Bertz CT molecular complexity index is 705. The van der Waals surface area contributed by atoms with Gasteiger partial charge < -0.3 is 5.32 Å². The fourth-order valence-corrected chi connectivity index (χ4v) is 3.61. The topological polar surface area (TPSA) is 59.1 Å². The van der Waals surface area contributed by atoms with Crippen molar-refractivity contribution in [3.05, 3.63) is 51.5 Å². The number of carbonyl (C=O) groups is 2. The first-order valence-electron chi connectivity index (χ1n) is 7.40. The molecule has 1 heterocycles. The molecule has 0 aliphatic heterocycles. The second kappa shape index (κ2) is 6.01. The van der Waals surface area contributed by atoms with Gasteiger partial charge in [0.05, 0.1) is 16.6 Å². The lowest BCUT2D eigenvalue weighted by molar-refractivity contribution is 0.0931. The average molecular weight is 314 g/mol. The second-order valence-corrected chi connectivity index (χ2v) is 6.71. The third-order valence-corrected chi connectivity index (χ3v) is 5.16. The van der Waals surface area contributed by atoms with Crippen molar-refractivity contribution in [1.29, 1.82) is 0 Å². The predicted molar refractivity (Wildman–Crippen MR) is 86.2 cm³/mol. The molecule has 1 atom stereocenters. The number of Topliss-reactive ketones (excluding diaryl/α,β-unsaturated/α-hetero) is 1. The van der Waals surface area contributed by atoms with Crippen molar-refractivity contribution in [3.63, 3.8) is 0 Å². The number of aryl methyl sites for hydroxylation is 1. The number of hydrogen-bond acceptors (Lipinski definition) is 4. The summed E-state index contributed by atoms with van der Waals surface area (Å²) in [7, 11) is 0. The van der Waals surface area contributed by atoms with E-state index in [1.807, 2.05) is 25.1 Å². The highest BCUT2D eigenvalue weighted by Crippen LogP contribution is 2.42. The highest BCUT2D eigenvalue weighted by molar-refractivity contribution is 7.13. The van der Waals surface area contributed by atoms with Gasteiger partial charge in [-0.3, -0.25) is 9.59 Å². The van der Waals surface area contributed by atoms with Crippen molar-refractivity contribution in [2.45, 2.75) is 32.7 Å². The molecule has 2 aromatic rings. The maximum absolute atomic E-state index is 12.4. The van der Waals surface area contributed by atoms with Gasteiger partial charge in [0.25, 0.3) is 5.91 Å². The second-order valence-electron chi connectivity index (χ2n) is 5.68. The molecular weight excluding hydrogens is 296 g/mol. The first kappa shape index (κ1) is 14.9. The van der Waals surface area contributed by atoms with E-state index in [2.05, 4.69) is 10.3 Å². The van der Waals surface area contributed by atoms with Crippen molar-refractivity contribution in [3.8, 4) is 0 Å². The molecule has 3 rings (SSSR count). The first-order valence-corrected chi connectivity index (χ1v) is 8.22. The fraction of sp³-hybridized carbons (Fsp3) is 0.353. The minimum atomic E-state index is -0.0930. The predicted octanol–water partition coefficient (Wildman–Crippen LogP) is 3.54. The third kappa shape index (κ3) is 3.09. The van der Waals surface area contributed by atoms with Gasteiger partial charge in [-0.15, -0.1) is 11.3 Å². The summed E-state index contributed by atoms with van der Waals surface area (Å²) in [6, 6.07) is 9.09. The molecule has 1 aliphatic rings. The number of nitrogens with zero attached hydrogens (tertiary/aromatic N) is 1. The van der Waals surface area contributed by atoms with E-state index in [0.717, 1.165) is 23.5 Å². The molecule has 5 heteroatoms. The Morgan fingerprint density at radius 2 is 1.95 bits per heavy atom. The van der Waals surface area contributed by atoms with Gasteiger partial charge in [-0.05, 0) is 37.8 Å². The van der Waals surface area contributed by atoms with E-state index >= 15 is 0 Å². The molecule has 114 valence electrons. The van der Waals surface area contributed by atoms with Gasteiger partial charge in [0.1, 0.15) is 5.01 Å². The van der Waals surface area contributed by atoms with Gasteiger partial charge >= 0.3 is 0 Å². The summed E-state index contributed by atoms with van der Waals surface area (Å²) >= 11 is 1.41. The van der Waals surface area contributed by atoms with E-state index in [4.69, 9.17) is 0 Å². The standard InChI is InChI=1S/C17H18N2O2S/c1-10-15(11(2)20)22-17(18-10)14(12-8-9-12)19-16(21)13-6-4-3-5-7-13/h3-7,12,14H,8-9H2,1-2H3,(H,19,21)/t14-/m0/s1. The zero-order valence-electron chi connectivity index (χ0n) is 12.6. The third-order valence-electron chi connectivity index (χ3n) is 3.81. The largest absolute Gasteiger partial charge is 0.343 e. The van der Waals surface area contributed by atoms with Crippen LogP contribution in [0.5, 0.6) is 0 Å². The van der Waals surface area contributed by atoms with Gasteiger partial charge in [0, 0.05) is 12.5 Å². The lowest BCUT2D eigenvalue weighted by atomic mass is 10.1. The van der Waals surface area contributed by atoms with Gasteiger partial charge in [-0.1, -0.05) is 18.2 Å². The Morgan fingerprint density at radius 1 is 1.27 bits per heavy atom. The van der Waals surface area contributed by atoms with Gasteiger partial charge in [-0.25, -0.2) is 4.98 Å². The van der Waals surface area contributed by atoms with Crippen LogP contribution < -0.4 is 5.32 Å². The molecule has 1 amide bonds. The van der Waals surface area contributed by atoms with Gasteiger partial charge in [0.2, 0.25) is 0 Å². The summed E-state index contributed by atoms with van der Waals surface area (Å²) in [5, 5.41) is 3.93. The van der Waals surface area contributed by atoms with Crippen molar-refractivity contribution in [1.82, 2.24) is 10.3 Å². The number of thiazole rings is 1. The summed E-state index contributed by atoms with van der Waals surface area (Å²) in [5.74, 6) is 0.373. The van der Waals surface area contributed by atoms with Crippen LogP contribution in [0.3, 0.4) is 0 Å². The Labute approximate surface area is 133 Å². The Kier molecular flexibility index (Phi) is 4.07. The molecule has 1 aromatic heterocycles. The summed E-state index contributed by atoms with van der Waals surface area (Å²) in [5.41, 5.74) is 1.40. The number of nitrogens with one attached hydrogen (secondary N) is 1. The molecule has 1 aromatic carbocycles. The van der Waals surface area contributed by atoms with Crippen molar-refractivity contribution in [2.75, 3.05) is 0 Å². The van der Waals surface area contributed by atoms with Crippen LogP contribution >= 0.6 is 11.3 Å². The molecule has 4 nitrogen and oxygen atoms in total. The normalized spacial score (nSPS) is 15.4. The SMILES string of the molecule is CC(=O)c1sc([C@@H](NC(=O)c2ccccc2)C2CC2)nc1C. The zero-order chi connectivity index (χ0) is 15.7. The van der Waals surface area contributed by atoms with Crippen LogP contribution in [0, 0.1) is 12.8 Å². The van der Waals surface area contributed by atoms with E-state index in [-0.39, 0.29) is 17.7 Å². The molecular formula is C17H18N2O2S. The van der Waals surface area contributed by atoms with Crippen LogP contribution in [-0.4, -0.2) is 16.7 Å². The molecule has 0 radical (unpaired) electrons. The van der Waals surface area contributed by atoms with Crippen LogP contribution in [0.4, 0.5) is 0 Å². The summed E-state index contributed by atoms with van der Waals surface area (Å²) < 4.78 is 0. The van der Waals surface area contributed by atoms with E-state index in [9.17, 15) is 9.59 Å². The van der Waals surface area contributed by atoms with E-state index in [1.54, 1.807) is 19.1 Å². The van der Waals surface area contributed by atoms with Gasteiger partial charge in [0.15, 0.2) is 5.78 Å². The van der Waals surface area contributed by atoms with Crippen LogP contribution in [0.1, 0.15) is 56.5 Å². The number of carbonyl (C=O) groups excluding carboxylic acids is 2. The monoisotopic (exact) mass is 314 g/mol. The molecule has 0 saturated heterocycles. The van der Waals surface area contributed by atoms with Crippen molar-refractivity contribution in [2.24, 2.45) is 5.92 Å². The Balaban J connectivity index is 1.83. The number of hydrogen-bond donors (Lipinski definition) is 1. The van der Waals surface area contributed by atoms with Crippen LogP contribution in [0.15, 0.2) is 30.3 Å². The fourth-order valence-electron chi connectivity index (χ4n) is 2.50. The zero-order valence-corrected chi connectivity index (χ0v) is 13.4. The lowest BCUT2D eigenvalue weighted by Crippen LogP contribution is -2.29. The average Bonchev–Trinajstić information content (AvgIpc) is 3.27. The summed E-state index contributed by atoms with van der Waals surface area (Å²) in [4.78, 5) is 29.2. The lowest BCUT2D eigenvalue weighted by Gasteiger charge is -2.15. The summed E-state index contributed by atoms with van der Waals surface area (Å²) in [6.45, 7) is 3.40. The molecule has 1 fully saturated rings. The number of amides is 1. The van der Waals surface area contributed by atoms with Gasteiger partial charge in [-0.2, -0.15) is 0 Å². The smallest absolute Gasteiger partial charge is 0.251 e. The number of benzene rings is 1. The highest BCUT2D eigenvalue weighted by Gasteiger charge is 2.36. The molecule has 1 aliphatic carbocycles. The Morgan fingerprint density at radius 3 is 2.50 bits per heavy atom. The Hall–Kier alpha value is -2.01. The van der Waals surface area contributed by atoms with Crippen molar-refractivity contribution >= 4 is 23.0 Å². The molecule has 1 saturated carbocycles. The molecule has 0 bridgehead atoms. The number of rotatable bonds is 5. The number of ketones is 1. The maximum Gasteiger partial charge on any atom is 0.251 e. The van der Waals surface area contributed by atoms with E-state index < -0.39 is 0 Å². The quantitative estimate of drug-likeness (QED) is 0.859. The molecule has 0 spiro atoms. The highest BCUT2D eigenvalue weighted by atomic mass is 32.1. The molecule has 1 N–H and O–H groups in total. The van der Waals surface area contributed by atoms with Crippen LogP contribution in [0.2, 0.25) is 0 Å². The van der Waals surface area contributed by atoms with Crippen LogP contribution in [0.25, 0.3) is 0 Å². The van der Waals surface area contributed by atoms with Crippen molar-refractivity contribution < 1.29 is 9.59 Å². The first-order chi connectivity index (χ1) is 10.6. The van der Waals surface area contributed by atoms with E-state index in [1.165, 1.54) is 11.3 Å². The van der Waals surface area contributed by atoms with E-state index in [0.29, 0.717) is 16.4 Å². The summed E-state index contributed by atoms with van der Waals surface area (Å²) in [6.07, 6.45) is 2.18. The maximum atomic E-state index is 12.4.